The largest absolute Gasteiger partial charge is 0.483 e. The van der Waals surface area contributed by atoms with Gasteiger partial charge in [0.15, 0.2) is 0 Å². The first-order chi connectivity index (χ1) is 22.2. The predicted octanol–water partition coefficient (Wildman–Crippen LogP) is 4.89. The molecule has 2 fully saturated rings. The number of carbonyl (C=O) groups excluding carboxylic acids is 3. The minimum Gasteiger partial charge on any atom is -0.483 e. The minimum absolute atomic E-state index is 0.116. The highest BCUT2D eigenvalue weighted by molar-refractivity contribution is 5.96. The van der Waals surface area contributed by atoms with E-state index in [4.69, 9.17) is 14.5 Å². The van der Waals surface area contributed by atoms with Crippen LogP contribution in [-0.2, 0) is 25.5 Å². The molecule has 1 aliphatic carbocycles. The van der Waals surface area contributed by atoms with E-state index in [2.05, 4.69) is 16.7 Å². The van der Waals surface area contributed by atoms with E-state index in [1.807, 2.05) is 38.1 Å². The number of carbonyl (C=O) groups is 4. The van der Waals surface area contributed by atoms with Crippen LogP contribution in [0.1, 0.15) is 89.0 Å². The summed E-state index contributed by atoms with van der Waals surface area (Å²) in [6, 6.07) is 4.23. The maximum atomic E-state index is 14.4. The van der Waals surface area contributed by atoms with Gasteiger partial charge in [-0.3, -0.25) is 9.59 Å². The second kappa shape index (κ2) is 12.1. The number of nitrogens with zero attached hydrogens (tertiary/aromatic N) is 2. The number of hydrogen-bond acceptors (Lipinski definition) is 7. The Morgan fingerprint density at radius 2 is 1.94 bits per heavy atom. The summed E-state index contributed by atoms with van der Waals surface area (Å²) < 4.78 is 12.3. The van der Waals surface area contributed by atoms with Gasteiger partial charge in [-0.15, -0.1) is 0 Å². The number of aliphatic carboxylic acids is 1. The lowest BCUT2D eigenvalue weighted by Crippen LogP contribution is -2.56. The molecule has 1 saturated heterocycles. The van der Waals surface area contributed by atoms with Crippen molar-refractivity contribution in [2.45, 2.75) is 121 Å². The topological polar surface area (TPSA) is 147 Å². The highest BCUT2D eigenvalue weighted by atomic mass is 16.6. The van der Waals surface area contributed by atoms with E-state index >= 15 is 0 Å². The van der Waals surface area contributed by atoms with Crippen LogP contribution in [-0.4, -0.2) is 74.2 Å². The number of pyridine rings is 1. The maximum Gasteiger partial charge on any atom is 0.408 e. The number of nitrogens with one attached hydrogen (secondary N) is 2. The van der Waals surface area contributed by atoms with Crippen LogP contribution in [0, 0.1) is 19.8 Å². The molecule has 47 heavy (non-hydrogen) atoms. The molecule has 1 aromatic heterocycles. The molecule has 11 nitrogen and oxygen atoms in total. The van der Waals surface area contributed by atoms with Gasteiger partial charge in [0.2, 0.25) is 11.8 Å². The molecule has 0 bridgehead atoms. The molecule has 0 unspecified atom stereocenters. The highest BCUT2D eigenvalue weighted by Crippen LogP contribution is 2.47. The fourth-order valence-electron chi connectivity index (χ4n) is 7.46. The van der Waals surface area contributed by atoms with Crippen molar-refractivity contribution in [1.82, 2.24) is 20.5 Å². The van der Waals surface area contributed by atoms with Crippen molar-refractivity contribution in [3.8, 4) is 5.75 Å². The lowest BCUT2D eigenvalue weighted by Gasteiger charge is -2.37. The Bertz CT molecular complexity index is 1650. The van der Waals surface area contributed by atoms with E-state index in [0.29, 0.717) is 37.9 Å². The number of ether oxygens (including phenoxy) is 2. The smallest absolute Gasteiger partial charge is 0.408 e. The maximum absolute atomic E-state index is 14.4. The number of aryl methyl sites for hydroxylation is 3. The van der Waals surface area contributed by atoms with Crippen LogP contribution in [0.3, 0.4) is 0 Å². The second-order valence-electron chi connectivity index (χ2n) is 14.8. The van der Waals surface area contributed by atoms with Crippen LogP contribution in [0.15, 0.2) is 30.4 Å². The zero-order chi connectivity index (χ0) is 33.7. The van der Waals surface area contributed by atoms with Crippen LogP contribution in [0.5, 0.6) is 5.75 Å². The number of carboxylic acid groups (broad SMARTS) is 1. The molecular formula is C36H46N4O7. The number of carboxylic acids is 1. The normalized spacial score (nSPS) is 30.1. The summed E-state index contributed by atoms with van der Waals surface area (Å²) >= 11 is 0. The van der Waals surface area contributed by atoms with Crippen molar-refractivity contribution in [3.05, 3.63) is 47.2 Å². The first kappa shape index (κ1) is 32.8. The van der Waals surface area contributed by atoms with Gasteiger partial charge < -0.3 is 30.1 Å². The molecule has 3 amide bonds. The third-order valence-corrected chi connectivity index (χ3v) is 9.97. The van der Waals surface area contributed by atoms with Gasteiger partial charge in [0, 0.05) is 23.3 Å². The summed E-state index contributed by atoms with van der Waals surface area (Å²) in [7, 11) is 0. The Hall–Kier alpha value is -4.15. The summed E-state index contributed by atoms with van der Waals surface area (Å²) in [5, 5.41) is 16.8. The molecule has 6 rings (SSSR count). The van der Waals surface area contributed by atoms with Crippen LogP contribution < -0.4 is 15.4 Å². The third kappa shape index (κ3) is 6.53. The average molecular weight is 647 g/mol. The van der Waals surface area contributed by atoms with Crippen LogP contribution in [0.25, 0.3) is 10.9 Å². The number of allylic oxidation sites excluding steroid dienone is 1. The molecule has 3 aliphatic heterocycles. The standard InChI is InChI=1S/C36H46N4O7/c1-21-13-14-26-25(17-21)24-15-16-35(46-29(24)22(2)37-26)19-28-30(41)39-36(32(43)44)18-23(36)11-9-7-6-8-10-12-27(31(42)40(28)20-35)38-33(45)47-34(3,4)5/h9,11,13-14,17,23,27-28H,6-8,10,12,15-16,18-20H2,1-5H3,(H,38,45)(H,39,41)(H,43,44)/b11-9-/t23-,27-,28-,35+,36+/m0/s1. The predicted molar refractivity (Wildman–Crippen MR) is 175 cm³/mol. The van der Waals surface area contributed by atoms with Crippen molar-refractivity contribution in [2.24, 2.45) is 5.92 Å². The second-order valence-corrected chi connectivity index (χ2v) is 14.8. The molecule has 3 N–H and O–H groups in total. The number of alkyl carbamates (subject to hydrolysis) is 1. The van der Waals surface area contributed by atoms with Crippen molar-refractivity contribution >= 4 is 34.8 Å². The van der Waals surface area contributed by atoms with Gasteiger partial charge in [-0.25, -0.2) is 14.6 Å². The zero-order valence-electron chi connectivity index (χ0n) is 28.0. The molecule has 5 atom stereocenters. The molecule has 1 aromatic carbocycles. The Labute approximate surface area is 275 Å². The molecule has 4 heterocycles. The molecule has 2 aromatic rings. The third-order valence-electron chi connectivity index (χ3n) is 9.97. The van der Waals surface area contributed by atoms with E-state index in [-0.39, 0.29) is 18.9 Å². The monoisotopic (exact) mass is 646 g/mol. The van der Waals surface area contributed by atoms with E-state index in [0.717, 1.165) is 47.0 Å². The number of benzene rings is 1. The zero-order valence-corrected chi connectivity index (χ0v) is 28.0. The quantitative estimate of drug-likeness (QED) is 0.391. The van der Waals surface area contributed by atoms with Crippen molar-refractivity contribution in [3.63, 3.8) is 0 Å². The lowest BCUT2D eigenvalue weighted by molar-refractivity contribution is -0.145. The summed E-state index contributed by atoms with van der Waals surface area (Å²) in [4.78, 5) is 60.3. The van der Waals surface area contributed by atoms with E-state index < -0.39 is 52.7 Å². The van der Waals surface area contributed by atoms with Gasteiger partial charge in [-0.2, -0.15) is 0 Å². The molecule has 252 valence electrons. The van der Waals surface area contributed by atoms with Crippen molar-refractivity contribution in [1.29, 1.82) is 0 Å². The summed E-state index contributed by atoms with van der Waals surface area (Å²) in [5.74, 6) is -1.68. The molecule has 0 radical (unpaired) electrons. The fraction of sp³-hybridized carbons (Fsp3) is 0.583. The van der Waals surface area contributed by atoms with Gasteiger partial charge >= 0.3 is 12.1 Å². The fourth-order valence-corrected chi connectivity index (χ4v) is 7.46. The van der Waals surface area contributed by atoms with E-state index in [1.54, 1.807) is 20.8 Å². The van der Waals surface area contributed by atoms with Crippen molar-refractivity contribution in [2.75, 3.05) is 6.54 Å². The first-order valence-corrected chi connectivity index (χ1v) is 16.8. The average Bonchev–Trinajstić information content (AvgIpc) is 3.57. The molecule has 4 aliphatic rings. The Morgan fingerprint density at radius 1 is 1.15 bits per heavy atom. The van der Waals surface area contributed by atoms with Gasteiger partial charge in [0.1, 0.15) is 34.6 Å². The Kier molecular flexibility index (Phi) is 8.47. The molecule has 1 saturated carbocycles. The number of hydrogen-bond donors (Lipinski definition) is 3. The SMILES string of the molecule is Cc1ccc2nc(C)c3c(c2c1)CC[C@]1(C[C@H]2C(=O)N[C@]4(C(=O)O)C[C@@H]4/C=C\CCCCC[C@H](NC(=O)OC(C)(C)C)C(=O)N2C1)O3. The van der Waals surface area contributed by atoms with Crippen LogP contribution in [0.4, 0.5) is 4.79 Å². The molecular weight excluding hydrogens is 600 g/mol. The molecule has 11 heteroatoms. The number of amides is 3. The van der Waals surface area contributed by atoms with Gasteiger partial charge in [-0.1, -0.05) is 36.6 Å². The van der Waals surface area contributed by atoms with Gasteiger partial charge in [0.25, 0.3) is 0 Å². The summed E-state index contributed by atoms with van der Waals surface area (Å²) in [6.07, 6.45) is 8.36. The summed E-state index contributed by atoms with van der Waals surface area (Å²) in [6.45, 7) is 9.32. The minimum atomic E-state index is -1.41. The number of aromatic nitrogens is 1. The van der Waals surface area contributed by atoms with E-state index in [9.17, 15) is 24.3 Å². The van der Waals surface area contributed by atoms with Gasteiger partial charge in [-0.05, 0) is 85.3 Å². The number of fused-ring (bicyclic) bond motifs is 5. The van der Waals surface area contributed by atoms with Gasteiger partial charge in [0.05, 0.1) is 17.8 Å². The Balaban J connectivity index is 1.35. The lowest BCUT2D eigenvalue weighted by atomic mass is 9.87. The highest BCUT2D eigenvalue weighted by Gasteiger charge is 2.62. The van der Waals surface area contributed by atoms with E-state index in [1.165, 1.54) is 4.90 Å². The summed E-state index contributed by atoms with van der Waals surface area (Å²) in [5.41, 5.74) is 0.733. The Morgan fingerprint density at radius 3 is 2.68 bits per heavy atom. The first-order valence-electron chi connectivity index (χ1n) is 16.8. The van der Waals surface area contributed by atoms with Crippen LogP contribution in [0.2, 0.25) is 0 Å². The number of rotatable bonds is 2. The molecule has 1 spiro atoms. The van der Waals surface area contributed by atoms with Crippen LogP contribution >= 0.6 is 0 Å². The van der Waals surface area contributed by atoms with Crippen molar-refractivity contribution < 1.29 is 33.8 Å².